The lowest BCUT2D eigenvalue weighted by Crippen LogP contribution is -2.25. The fraction of sp³-hybridized carbons (Fsp3) is 0.600. The average molecular weight is 243 g/mol. The van der Waals surface area contributed by atoms with E-state index in [0.717, 1.165) is 24.8 Å². The van der Waals surface area contributed by atoms with Crippen LogP contribution in [0.5, 0.6) is 0 Å². The van der Waals surface area contributed by atoms with Crippen LogP contribution in [0.25, 0.3) is 0 Å². The van der Waals surface area contributed by atoms with Crippen LogP contribution in [0.4, 0.5) is 5.82 Å². The topological polar surface area (TPSA) is 39.9 Å². The Morgan fingerprint density at radius 3 is 3.06 bits per heavy atom. The number of rotatable bonds is 3. The lowest BCUT2D eigenvalue weighted by molar-refractivity contribution is 0.435. The second-order valence-electron chi connectivity index (χ2n) is 5.07. The number of hydrogen-bond donors (Lipinski definition) is 0. The van der Waals surface area contributed by atoms with E-state index in [9.17, 15) is 0 Å². The molecule has 1 saturated heterocycles. The molecule has 3 nitrogen and oxygen atoms in total. The third-order valence-electron chi connectivity index (χ3n) is 3.72. The monoisotopic (exact) mass is 243 g/mol. The molecule has 2 rings (SSSR count). The summed E-state index contributed by atoms with van der Waals surface area (Å²) in [5.41, 5.74) is 0.516. The summed E-state index contributed by atoms with van der Waals surface area (Å²) in [6, 6.07) is 7.82. The molecule has 0 spiro atoms. The van der Waals surface area contributed by atoms with Crippen molar-refractivity contribution in [2.75, 3.05) is 18.0 Å². The predicted octanol–water partition coefficient (Wildman–Crippen LogP) is 3.36. The highest BCUT2D eigenvalue weighted by Crippen LogP contribution is 2.24. The second-order valence-corrected chi connectivity index (χ2v) is 5.07. The predicted molar refractivity (Wildman–Crippen MR) is 73.4 cm³/mol. The molecule has 0 N–H and O–H groups in total. The molecule has 0 radical (unpaired) electrons. The third-order valence-corrected chi connectivity index (χ3v) is 3.72. The van der Waals surface area contributed by atoms with Crippen molar-refractivity contribution in [1.29, 1.82) is 5.26 Å². The average Bonchev–Trinajstić information content (AvgIpc) is 2.65. The largest absolute Gasteiger partial charge is 0.357 e. The summed E-state index contributed by atoms with van der Waals surface area (Å²) in [7, 11) is 0. The van der Waals surface area contributed by atoms with Crippen molar-refractivity contribution in [1.82, 2.24) is 4.98 Å². The van der Waals surface area contributed by atoms with Gasteiger partial charge < -0.3 is 4.90 Å². The summed E-state index contributed by atoms with van der Waals surface area (Å²) in [5.74, 6) is 1.84. The molecule has 1 aromatic heterocycles. The first-order valence-electron chi connectivity index (χ1n) is 6.95. The highest BCUT2D eigenvalue weighted by atomic mass is 15.2. The number of aromatic nitrogens is 1. The Morgan fingerprint density at radius 2 is 2.28 bits per heavy atom. The van der Waals surface area contributed by atoms with Gasteiger partial charge in [0.05, 0.1) is 0 Å². The summed E-state index contributed by atoms with van der Waals surface area (Å²) in [5, 5.41) is 8.90. The van der Waals surface area contributed by atoms with Crippen LogP contribution in [-0.4, -0.2) is 18.1 Å². The molecule has 0 aromatic carbocycles. The molecule has 18 heavy (non-hydrogen) atoms. The Labute approximate surface area is 109 Å². The van der Waals surface area contributed by atoms with E-state index in [1.165, 1.54) is 32.1 Å². The first-order chi connectivity index (χ1) is 8.83. The summed E-state index contributed by atoms with van der Waals surface area (Å²) < 4.78 is 0. The van der Waals surface area contributed by atoms with Gasteiger partial charge in [0.25, 0.3) is 0 Å². The van der Waals surface area contributed by atoms with E-state index in [4.69, 9.17) is 5.26 Å². The molecule has 1 aliphatic heterocycles. The summed E-state index contributed by atoms with van der Waals surface area (Å²) in [6.45, 7) is 4.41. The standard InChI is InChI=1S/C15H21N3/c1-2-5-13-6-4-10-18(11-9-13)15-8-3-7-14(12-16)17-15/h3,7-8,13H,2,4-6,9-11H2,1H3. The van der Waals surface area contributed by atoms with E-state index in [2.05, 4.69) is 22.9 Å². The summed E-state index contributed by atoms with van der Waals surface area (Å²) in [4.78, 5) is 6.72. The van der Waals surface area contributed by atoms with Crippen LogP contribution >= 0.6 is 0 Å². The smallest absolute Gasteiger partial charge is 0.142 e. The summed E-state index contributed by atoms with van der Waals surface area (Å²) >= 11 is 0. The Kier molecular flexibility index (Phi) is 4.58. The Morgan fingerprint density at radius 1 is 1.39 bits per heavy atom. The number of pyridine rings is 1. The van der Waals surface area contributed by atoms with Crippen molar-refractivity contribution >= 4 is 5.82 Å². The maximum Gasteiger partial charge on any atom is 0.142 e. The molecule has 1 atom stereocenters. The van der Waals surface area contributed by atoms with Gasteiger partial charge in [-0.15, -0.1) is 0 Å². The van der Waals surface area contributed by atoms with Crippen LogP contribution < -0.4 is 4.90 Å². The molecule has 2 heterocycles. The van der Waals surface area contributed by atoms with Crippen LogP contribution in [-0.2, 0) is 0 Å². The van der Waals surface area contributed by atoms with E-state index in [1.54, 1.807) is 6.07 Å². The Bertz CT molecular complexity index is 422. The Hall–Kier alpha value is -1.56. The van der Waals surface area contributed by atoms with Gasteiger partial charge in [-0.25, -0.2) is 4.98 Å². The van der Waals surface area contributed by atoms with Gasteiger partial charge in [0.2, 0.25) is 0 Å². The first-order valence-corrected chi connectivity index (χ1v) is 6.95. The van der Waals surface area contributed by atoms with Gasteiger partial charge in [-0.1, -0.05) is 25.8 Å². The van der Waals surface area contributed by atoms with Gasteiger partial charge in [0.1, 0.15) is 17.6 Å². The van der Waals surface area contributed by atoms with Gasteiger partial charge in [-0.05, 0) is 37.3 Å². The van der Waals surface area contributed by atoms with Crippen molar-refractivity contribution < 1.29 is 0 Å². The lowest BCUT2D eigenvalue weighted by Gasteiger charge is -2.21. The highest BCUT2D eigenvalue weighted by molar-refractivity contribution is 5.41. The molecule has 3 heteroatoms. The zero-order valence-electron chi connectivity index (χ0n) is 11.1. The van der Waals surface area contributed by atoms with Crippen molar-refractivity contribution in [2.45, 2.75) is 39.0 Å². The second kappa shape index (κ2) is 6.39. The van der Waals surface area contributed by atoms with Crippen molar-refractivity contribution in [3.05, 3.63) is 23.9 Å². The molecular weight excluding hydrogens is 222 g/mol. The molecular formula is C15H21N3. The van der Waals surface area contributed by atoms with Crippen LogP contribution in [0, 0.1) is 17.2 Å². The van der Waals surface area contributed by atoms with Gasteiger partial charge in [-0.2, -0.15) is 5.26 Å². The maximum absolute atomic E-state index is 8.90. The molecule has 1 fully saturated rings. The van der Waals surface area contributed by atoms with Crippen LogP contribution in [0.15, 0.2) is 18.2 Å². The zero-order valence-corrected chi connectivity index (χ0v) is 11.1. The molecule has 0 amide bonds. The Balaban J connectivity index is 2.03. The maximum atomic E-state index is 8.90. The fourth-order valence-corrected chi connectivity index (χ4v) is 2.75. The van der Waals surface area contributed by atoms with E-state index in [0.29, 0.717) is 5.69 Å². The fourth-order valence-electron chi connectivity index (χ4n) is 2.75. The van der Waals surface area contributed by atoms with Gasteiger partial charge in [0, 0.05) is 13.1 Å². The summed E-state index contributed by atoms with van der Waals surface area (Å²) in [6.07, 6.45) is 6.46. The number of hydrogen-bond acceptors (Lipinski definition) is 3. The van der Waals surface area contributed by atoms with E-state index < -0.39 is 0 Å². The zero-order chi connectivity index (χ0) is 12.8. The lowest BCUT2D eigenvalue weighted by atomic mass is 9.96. The van der Waals surface area contributed by atoms with Crippen LogP contribution in [0.3, 0.4) is 0 Å². The molecule has 1 aliphatic rings. The SMILES string of the molecule is CCCC1CCCN(c2cccc(C#N)n2)CC1. The molecule has 0 bridgehead atoms. The van der Waals surface area contributed by atoms with E-state index in [1.807, 2.05) is 12.1 Å². The quantitative estimate of drug-likeness (QED) is 0.817. The van der Waals surface area contributed by atoms with Gasteiger partial charge in [0.15, 0.2) is 0 Å². The minimum Gasteiger partial charge on any atom is -0.357 e. The minimum atomic E-state index is 0.516. The van der Waals surface area contributed by atoms with Crippen molar-refractivity contribution in [3.63, 3.8) is 0 Å². The molecule has 1 unspecified atom stereocenters. The normalized spacial score (nSPS) is 20.2. The van der Waals surface area contributed by atoms with Crippen LogP contribution in [0.1, 0.15) is 44.7 Å². The minimum absolute atomic E-state index is 0.516. The molecule has 0 saturated carbocycles. The van der Waals surface area contributed by atoms with Crippen molar-refractivity contribution in [2.24, 2.45) is 5.92 Å². The number of nitriles is 1. The van der Waals surface area contributed by atoms with Gasteiger partial charge in [-0.3, -0.25) is 0 Å². The van der Waals surface area contributed by atoms with E-state index in [-0.39, 0.29) is 0 Å². The number of nitrogens with zero attached hydrogens (tertiary/aromatic N) is 3. The van der Waals surface area contributed by atoms with E-state index >= 15 is 0 Å². The third kappa shape index (κ3) is 3.22. The molecule has 0 aliphatic carbocycles. The first kappa shape index (κ1) is 12.9. The molecule has 96 valence electrons. The molecule has 1 aromatic rings. The van der Waals surface area contributed by atoms with Crippen molar-refractivity contribution in [3.8, 4) is 6.07 Å². The van der Waals surface area contributed by atoms with Gasteiger partial charge >= 0.3 is 0 Å². The number of anilines is 1. The van der Waals surface area contributed by atoms with Crippen LogP contribution in [0.2, 0.25) is 0 Å². The highest BCUT2D eigenvalue weighted by Gasteiger charge is 2.17.